The minimum atomic E-state index is -0.0383. The number of hydrogen-bond donors (Lipinski definition) is 1. The van der Waals surface area contributed by atoms with Crippen LogP contribution in [0.25, 0.3) is 11.1 Å². The first kappa shape index (κ1) is 14.7. The Morgan fingerprint density at radius 2 is 1.91 bits per heavy atom. The highest BCUT2D eigenvalue weighted by Crippen LogP contribution is 2.23. The van der Waals surface area contributed by atoms with E-state index < -0.39 is 0 Å². The van der Waals surface area contributed by atoms with Gasteiger partial charge in [-0.1, -0.05) is 54.2 Å². The number of rotatable bonds is 5. The van der Waals surface area contributed by atoms with Crippen LogP contribution < -0.4 is 5.32 Å². The van der Waals surface area contributed by atoms with E-state index in [1.165, 1.54) is 11.8 Å². The van der Waals surface area contributed by atoms with Crippen LogP contribution in [0.15, 0.2) is 64.2 Å². The molecular weight excluding hydrogens is 296 g/mol. The van der Waals surface area contributed by atoms with E-state index in [1.54, 1.807) is 0 Å². The first-order valence-electron chi connectivity index (χ1n) is 7.05. The summed E-state index contributed by atoms with van der Waals surface area (Å²) in [6.45, 7) is 1.97. The van der Waals surface area contributed by atoms with Gasteiger partial charge in [-0.3, -0.25) is 4.79 Å². The van der Waals surface area contributed by atoms with E-state index in [0.29, 0.717) is 5.22 Å². The molecule has 0 spiro atoms. The number of hydrogen-bond acceptors (Lipinski definition) is 4. The molecule has 1 atom stereocenters. The van der Waals surface area contributed by atoms with Crippen molar-refractivity contribution in [3.63, 3.8) is 0 Å². The molecule has 1 amide bonds. The zero-order valence-corrected chi connectivity index (χ0v) is 13.0. The van der Waals surface area contributed by atoms with Crippen LogP contribution in [0, 0.1) is 0 Å². The Morgan fingerprint density at radius 1 is 1.18 bits per heavy atom. The SMILES string of the molecule is C[C@H](NC(=O)CSc1nc2ccccc2o1)c1ccccc1. The molecule has 0 fully saturated rings. The Bertz CT molecular complexity index is 737. The van der Waals surface area contributed by atoms with E-state index in [-0.39, 0.29) is 17.7 Å². The number of benzene rings is 2. The van der Waals surface area contributed by atoms with Crippen molar-refractivity contribution in [3.8, 4) is 0 Å². The Kier molecular flexibility index (Phi) is 4.44. The number of nitrogens with zero attached hydrogens (tertiary/aromatic N) is 1. The standard InChI is InChI=1S/C17H16N2O2S/c1-12(13-7-3-2-4-8-13)18-16(20)11-22-17-19-14-9-5-6-10-15(14)21-17/h2-10,12H,11H2,1H3,(H,18,20)/t12-/m0/s1. The molecule has 0 unspecified atom stereocenters. The van der Waals surface area contributed by atoms with Crippen molar-refractivity contribution < 1.29 is 9.21 Å². The molecule has 0 aliphatic rings. The van der Waals surface area contributed by atoms with Crippen LogP contribution in [0.1, 0.15) is 18.5 Å². The van der Waals surface area contributed by atoms with Crippen LogP contribution in [0.2, 0.25) is 0 Å². The molecule has 2 aromatic carbocycles. The largest absolute Gasteiger partial charge is 0.431 e. The highest BCUT2D eigenvalue weighted by Gasteiger charge is 2.12. The molecule has 0 bridgehead atoms. The lowest BCUT2D eigenvalue weighted by Gasteiger charge is -2.13. The second-order valence-corrected chi connectivity index (χ2v) is 5.86. The summed E-state index contributed by atoms with van der Waals surface area (Å²) >= 11 is 1.30. The average molecular weight is 312 g/mol. The molecule has 0 saturated carbocycles. The third-order valence-corrected chi connectivity index (χ3v) is 4.11. The van der Waals surface area contributed by atoms with E-state index in [1.807, 2.05) is 61.5 Å². The average Bonchev–Trinajstić information content (AvgIpc) is 2.96. The Morgan fingerprint density at radius 3 is 2.68 bits per heavy atom. The van der Waals surface area contributed by atoms with Crippen LogP contribution in [0.5, 0.6) is 0 Å². The summed E-state index contributed by atoms with van der Waals surface area (Å²) in [6, 6.07) is 17.4. The van der Waals surface area contributed by atoms with Crippen molar-refractivity contribution in [2.75, 3.05) is 5.75 Å². The maximum Gasteiger partial charge on any atom is 0.257 e. The summed E-state index contributed by atoms with van der Waals surface area (Å²) in [5, 5.41) is 3.49. The maximum absolute atomic E-state index is 12.0. The van der Waals surface area contributed by atoms with E-state index in [4.69, 9.17) is 4.42 Å². The van der Waals surface area contributed by atoms with Gasteiger partial charge in [0.15, 0.2) is 5.58 Å². The molecule has 1 heterocycles. The molecule has 0 aliphatic heterocycles. The van der Waals surface area contributed by atoms with Gasteiger partial charge in [0, 0.05) is 0 Å². The lowest BCUT2D eigenvalue weighted by Crippen LogP contribution is -2.28. The van der Waals surface area contributed by atoms with E-state index in [2.05, 4.69) is 10.3 Å². The number of amides is 1. The normalized spacial score (nSPS) is 12.2. The molecular formula is C17H16N2O2S. The zero-order chi connectivity index (χ0) is 15.4. The lowest BCUT2D eigenvalue weighted by atomic mass is 10.1. The topological polar surface area (TPSA) is 55.1 Å². The van der Waals surface area contributed by atoms with Crippen LogP contribution in [-0.4, -0.2) is 16.6 Å². The van der Waals surface area contributed by atoms with Crippen molar-refractivity contribution in [2.45, 2.75) is 18.2 Å². The number of carbonyl (C=O) groups is 1. The van der Waals surface area contributed by atoms with Crippen LogP contribution in [0.3, 0.4) is 0 Å². The van der Waals surface area contributed by atoms with Crippen LogP contribution in [0.4, 0.5) is 0 Å². The van der Waals surface area contributed by atoms with Crippen molar-refractivity contribution >= 4 is 28.8 Å². The molecule has 112 valence electrons. The zero-order valence-electron chi connectivity index (χ0n) is 12.2. The molecule has 4 nitrogen and oxygen atoms in total. The minimum absolute atomic E-state index is 0.0158. The minimum Gasteiger partial charge on any atom is -0.431 e. The quantitative estimate of drug-likeness (QED) is 0.728. The molecule has 0 aliphatic carbocycles. The lowest BCUT2D eigenvalue weighted by molar-refractivity contribution is -0.119. The fourth-order valence-corrected chi connectivity index (χ4v) is 2.80. The van der Waals surface area contributed by atoms with Gasteiger partial charge in [-0.2, -0.15) is 0 Å². The summed E-state index contributed by atoms with van der Waals surface area (Å²) in [7, 11) is 0. The van der Waals surface area contributed by atoms with E-state index in [0.717, 1.165) is 16.7 Å². The molecule has 1 N–H and O–H groups in total. The predicted molar refractivity (Wildman–Crippen MR) is 87.7 cm³/mol. The van der Waals surface area contributed by atoms with Crippen LogP contribution in [-0.2, 0) is 4.79 Å². The summed E-state index contributed by atoms with van der Waals surface area (Å²) in [6.07, 6.45) is 0. The number of para-hydroxylation sites is 2. The number of carbonyl (C=O) groups excluding carboxylic acids is 1. The van der Waals surface area contributed by atoms with E-state index in [9.17, 15) is 4.79 Å². The Hall–Kier alpha value is -2.27. The van der Waals surface area contributed by atoms with Crippen molar-refractivity contribution in [3.05, 3.63) is 60.2 Å². The summed E-state index contributed by atoms with van der Waals surface area (Å²) < 4.78 is 5.58. The monoisotopic (exact) mass is 312 g/mol. The number of nitrogens with one attached hydrogen (secondary N) is 1. The van der Waals surface area contributed by atoms with Gasteiger partial charge < -0.3 is 9.73 Å². The molecule has 1 aromatic heterocycles. The van der Waals surface area contributed by atoms with Crippen molar-refractivity contribution in [1.82, 2.24) is 10.3 Å². The smallest absolute Gasteiger partial charge is 0.257 e. The number of oxazole rings is 1. The van der Waals surface area contributed by atoms with Gasteiger partial charge in [0.25, 0.3) is 5.22 Å². The summed E-state index contributed by atoms with van der Waals surface area (Å²) in [4.78, 5) is 16.4. The highest BCUT2D eigenvalue weighted by molar-refractivity contribution is 7.99. The molecule has 0 saturated heterocycles. The summed E-state index contributed by atoms with van der Waals surface area (Å²) in [5.74, 6) is 0.243. The number of fused-ring (bicyclic) bond motifs is 1. The number of thioether (sulfide) groups is 1. The van der Waals surface area contributed by atoms with Gasteiger partial charge in [0.05, 0.1) is 11.8 Å². The van der Waals surface area contributed by atoms with Gasteiger partial charge in [-0.25, -0.2) is 4.98 Å². The van der Waals surface area contributed by atoms with Gasteiger partial charge >= 0.3 is 0 Å². The fourth-order valence-electron chi connectivity index (χ4n) is 2.15. The molecule has 0 radical (unpaired) electrons. The maximum atomic E-state index is 12.0. The third kappa shape index (κ3) is 3.49. The van der Waals surface area contributed by atoms with Gasteiger partial charge in [-0.15, -0.1) is 0 Å². The first-order chi connectivity index (χ1) is 10.7. The molecule has 3 aromatic rings. The third-order valence-electron chi connectivity index (χ3n) is 3.28. The molecule has 3 rings (SSSR count). The molecule has 22 heavy (non-hydrogen) atoms. The Labute approximate surface area is 132 Å². The second kappa shape index (κ2) is 6.66. The fraction of sp³-hybridized carbons (Fsp3) is 0.176. The Balaban J connectivity index is 1.56. The van der Waals surface area contributed by atoms with E-state index >= 15 is 0 Å². The highest BCUT2D eigenvalue weighted by atomic mass is 32.2. The number of aromatic nitrogens is 1. The van der Waals surface area contributed by atoms with Gasteiger partial charge in [0.2, 0.25) is 5.91 Å². The first-order valence-corrected chi connectivity index (χ1v) is 8.03. The van der Waals surface area contributed by atoms with Crippen LogP contribution >= 0.6 is 11.8 Å². The van der Waals surface area contributed by atoms with Crippen molar-refractivity contribution in [2.24, 2.45) is 0 Å². The van der Waals surface area contributed by atoms with Crippen molar-refractivity contribution in [1.29, 1.82) is 0 Å². The molecule has 5 heteroatoms. The van der Waals surface area contributed by atoms with Gasteiger partial charge in [-0.05, 0) is 24.6 Å². The summed E-state index contributed by atoms with van der Waals surface area (Å²) in [5.41, 5.74) is 2.63. The second-order valence-electron chi connectivity index (χ2n) is 4.94. The predicted octanol–water partition coefficient (Wildman–Crippen LogP) is 3.80. The van der Waals surface area contributed by atoms with Gasteiger partial charge in [0.1, 0.15) is 5.52 Å².